The predicted molar refractivity (Wildman–Crippen MR) is 32.1 cm³/mol. The number of fused-ring (bicyclic) bond motifs is 3. The molecule has 3 heterocycles. The van der Waals surface area contributed by atoms with Crippen molar-refractivity contribution in [3.63, 3.8) is 0 Å². The summed E-state index contributed by atoms with van der Waals surface area (Å²) >= 11 is 0. The number of hydrazine groups is 1. The molecule has 3 rings (SSSR count). The molecule has 0 atom stereocenters. The van der Waals surface area contributed by atoms with E-state index in [-0.39, 0.29) is 0 Å². The molecule has 3 fully saturated rings. The number of rotatable bonds is 0. The van der Waals surface area contributed by atoms with Gasteiger partial charge in [-0.1, -0.05) is 0 Å². The highest BCUT2D eigenvalue weighted by Crippen LogP contribution is 2.21. The highest BCUT2D eigenvalue weighted by Gasteiger charge is 2.33. The Bertz CT molecular complexity index is 61.5. The van der Waals surface area contributed by atoms with Crippen molar-refractivity contribution in [2.45, 2.75) is 12.8 Å². The van der Waals surface area contributed by atoms with E-state index in [1.54, 1.807) is 5.92 Å². The van der Waals surface area contributed by atoms with Crippen molar-refractivity contribution in [3.8, 4) is 0 Å². The Hall–Kier alpha value is -0.210. The van der Waals surface area contributed by atoms with Gasteiger partial charge in [0.25, 0.3) is 0 Å². The number of piperidine rings is 1. The maximum absolute atomic E-state index is 3.31. The largest absolute Gasteiger partial charge is 0.232 e. The quantitative estimate of drug-likeness (QED) is 0.448. The van der Waals surface area contributed by atoms with Gasteiger partial charge in [0, 0.05) is 0 Å². The highest BCUT2D eigenvalue weighted by atomic mass is 15.5. The second-order valence-electron chi connectivity index (χ2n) is 2.57. The summed E-state index contributed by atoms with van der Waals surface area (Å²) in [5.41, 5.74) is 3.31. The molecule has 1 N–H and O–H groups in total. The van der Waals surface area contributed by atoms with E-state index in [1.807, 2.05) is 0 Å². The predicted octanol–water partition coefficient (Wildman–Crippen LogP) is 0.175. The first kappa shape index (κ1) is 4.65. The van der Waals surface area contributed by atoms with Gasteiger partial charge in [-0.2, -0.15) is 0 Å². The van der Waals surface area contributed by atoms with Crippen molar-refractivity contribution in [2.75, 3.05) is 19.6 Å². The SMILES string of the molecule is C1CN2CC[C+]1CN2. The zero-order valence-electron chi connectivity index (χ0n) is 4.98. The first-order chi connectivity index (χ1) is 3.95. The van der Waals surface area contributed by atoms with Crippen LogP contribution in [0.5, 0.6) is 0 Å². The summed E-state index contributed by atoms with van der Waals surface area (Å²) in [6.45, 7) is 3.64. The van der Waals surface area contributed by atoms with Crippen molar-refractivity contribution in [3.05, 3.63) is 5.92 Å². The van der Waals surface area contributed by atoms with Gasteiger partial charge in [0.1, 0.15) is 18.8 Å². The van der Waals surface area contributed by atoms with E-state index in [2.05, 4.69) is 10.4 Å². The number of nitrogens with one attached hydrogen (secondary N) is 1. The lowest BCUT2D eigenvalue weighted by molar-refractivity contribution is 0.120. The molecule has 2 heteroatoms. The molecule has 0 aromatic rings. The van der Waals surface area contributed by atoms with Crippen LogP contribution in [-0.4, -0.2) is 24.6 Å². The minimum atomic E-state index is 1.15. The molecule has 0 aromatic heterocycles. The van der Waals surface area contributed by atoms with E-state index in [1.165, 1.54) is 25.9 Å². The second kappa shape index (κ2) is 1.64. The van der Waals surface area contributed by atoms with E-state index in [4.69, 9.17) is 0 Å². The van der Waals surface area contributed by atoms with Gasteiger partial charge in [0.2, 0.25) is 0 Å². The molecular formula is C6H11N2+. The topological polar surface area (TPSA) is 15.3 Å². The average Bonchev–Trinajstić information content (AvgIpc) is 1.92. The molecule has 2 nitrogen and oxygen atoms in total. The normalized spacial score (nSPS) is 29.2. The van der Waals surface area contributed by atoms with Gasteiger partial charge in [-0.3, -0.25) is 0 Å². The smallest absolute Gasteiger partial charge is 0.153 e. The van der Waals surface area contributed by atoms with Crippen LogP contribution in [0.4, 0.5) is 0 Å². The van der Waals surface area contributed by atoms with Crippen LogP contribution in [0.15, 0.2) is 0 Å². The molecular weight excluding hydrogens is 100 g/mol. The maximum atomic E-state index is 3.31. The monoisotopic (exact) mass is 111 g/mol. The van der Waals surface area contributed by atoms with Crippen LogP contribution in [0.25, 0.3) is 0 Å². The Labute approximate surface area is 49.8 Å². The summed E-state index contributed by atoms with van der Waals surface area (Å²) < 4.78 is 0. The molecule has 0 spiro atoms. The molecule has 0 radical (unpaired) electrons. The van der Waals surface area contributed by atoms with Gasteiger partial charge < -0.3 is 0 Å². The lowest BCUT2D eigenvalue weighted by atomic mass is 9.96. The second-order valence-corrected chi connectivity index (χ2v) is 2.57. The number of hydrogen-bond donors (Lipinski definition) is 1. The van der Waals surface area contributed by atoms with Crippen LogP contribution in [0.1, 0.15) is 12.8 Å². The van der Waals surface area contributed by atoms with Crippen LogP contribution in [0.3, 0.4) is 0 Å². The van der Waals surface area contributed by atoms with Crippen LogP contribution >= 0.6 is 0 Å². The van der Waals surface area contributed by atoms with Crippen molar-refractivity contribution in [2.24, 2.45) is 0 Å². The van der Waals surface area contributed by atoms with E-state index in [9.17, 15) is 0 Å². The molecule has 2 bridgehead atoms. The third-order valence-electron chi connectivity index (χ3n) is 2.02. The number of hydrogen-bond acceptors (Lipinski definition) is 2. The lowest BCUT2D eigenvalue weighted by Crippen LogP contribution is -2.51. The van der Waals surface area contributed by atoms with Crippen molar-refractivity contribution in [1.29, 1.82) is 0 Å². The molecule has 44 valence electrons. The third kappa shape index (κ3) is 0.607. The van der Waals surface area contributed by atoms with Crippen LogP contribution in [0, 0.1) is 5.92 Å². The van der Waals surface area contributed by atoms with E-state index < -0.39 is 0 Å². The van der Waals surface area contributed by atoms with Gasteiger partial charge in [0.05, 0.1) is 13.1 Å². The summed E-state index contributed by atoms with van der Waals surface area (Å²) in [5.74, 6) is 1.72. The summed E-state index contributed by atoms with van der Waals surface area (Å²) in [7, 11) is 0. The third-order valence-corrected chi connectivity index (χ3v) is 2.02. The van der Waals surface area contributed by atoms with Gasteiger partial charge in [-0.25, -0.2) is 10.4 Å². The number of nitrogens with zero attached hydrogens (tertiary/aromatic N) is 1. The molecule has 3 aliphatic heterocycles. The van der Waals surface area contributed by atoms with Gasteiger partial charge >= 0.3 is 0 Å². The fourth-order valence-corrected chi connectivity index (χ4v) is 1.38. The molecule has 0 saturated carbocycles. The minimum Gasteiger partial charge on any atom is -0.232 e. The van der Waals surface area contributed by atoms with Gasteiger partial charge in [-0.05, 0) is 0 Å². The molecule has 8 heavy (non-hydrogen) atoms. The summed E-state index contributed by atoms with van der Waals surface area (Å²) in [6.07, 6.45) is 2.68. The summed E-state index contributed by atoms with van der Waals surface area (Å²) in [4.78, 5) is 0. The Kier molecular flexibility index (Phi) is 0.951. The minimum absolute atomic E-state index is 1.15. The van der Waals surface area contributed by atoms with Crippen molar-refractivity contribution >= 4 is 0 Å². The zero-order valence-corrected chi connectivity index (χ0v) is 4.98. The molecule has 3 saturated heterocycles. The summed E-state index contributed by atoms with van der Waals surface area (Å²) in [6, 6.07) is 0. The van der Waals surface area contributed by atoms with Crippen LogP contribution < -0.4 is 5.43 Å². The van der Waals surface area contributed by atoms with Gasteiger partial charge in [-0.15, -0.1) is 0 Å². The van der Waals surface area contributed by atoms with E-state index >= 15 is 0 Å². The Morgan fingerprint density at radius 3 is 2.12 bits per heavy atom. The molecule has 0 amide bonds. The molecule has 0 aliphatic carbocycles. The standard InChI is InChI=1S/C6H11N2/c1-3-8-4-2-6(1)5-7-8/h7H,1-5H2/q+1. The maximum Gasteiger partial charge on any atom is 0.153 e. The van der Waals surface area contributed by atoms with Gasteiger partial charge in [0.15, 0.2) is 6.54 Å². The van der Waals surface area contributed by atoms with Crippen LogP contribution in [0.2, 0.25) is 0 Å². The highest BCUT2D eigenvalue weighted by molar-refractivity contribution is 5.00. The Balaban J connectivity index is 2.03. The van der Waals surface area contributed by atoms with E-state index in [0.29, 0.717) is 0 Å². The van der Waals surface area contributed by atoms with Crippen molar-refractivity contribution < 1.29 is 0 Å². The van der Waals surface area contributed by atoms with Crippen LogP contribution in [-0.2, 0) is 0 Å². The molecule has 0 aromatic carbocycles. The summed E-state index contributed by atoms with van der Waals surface area (Å²) in [5, 5.41) is 2.31. The Morgan fingerprint density at radius 1 is 1.25 bits per heavy atom. The molecule has 0 unspecified atom stereocenters. The average molecular weight is 111 g/mol. The Morgan fingerprint density at radius 2 is 2.00 bits per heavy atom. The zero-order chi connectivity index (χ0) is 5.40. The fraction of sp³-hybridized carbons (Fsp3) is 0.833. The molecule has 3 aliphatic rings. The first-order valence-corrected chi connectivity index (χ1v) is 3.27. The first-order valence-electron chi connectivity index (χ1n) is 3.27. The van der Waals surface area contributed by atoms with Crippen molar-refractivity contribution in [1.82, 2.24) is 10.4 Å². The van der Waals surface area contributed by atoms with E-state index in [0.717, 1.165) is 6.54 Å². The lowest BCUT2D eigenvalue weighted by Gasteiger charge is -2.31. The fourth-order valence-electron chi connectivity index (χ4n) is 1.38.